The van der Waals surface area contributed by atoms with Crippen LogP contribution in [-0.2, 0) is 38.8 Å². The number of carbonyl (C=O) groups is 1. The Morgan fingerprint density at radius 1 is 1.08 bits per heavy atom. The van der Waals surface area contributed by atoms with Crippen molar-refractivity contribution in [2.75, 3.05) is 6.61 Å². The van der Waals surface area contributed by atoms with Crippen molar-refractivity contribution in [1.29, 1.82) is 0 Å². The van der Waals surface area contributed by atoms with Crippen LogP contribution in [0.4, 0.5) is 4.39 Å². The van der Waals surface area contributed by atoms with Gasteiger partial charge in [-0.2, -0.15) is 5.10 Å². The molecule has 0 bridgehead atoms. The fourth-order valence-corrected chi connectivity index (χ4v) is 9.35. The Bertz CT molecular complexity index is 2240. The average molecular weight is 749 g/mol. The van der Waals surface area contributed by atoms with Crippen molar-refractivity contribution in [2.45, 2.75) is 83.6 Å². The van der Waals surface area contributed by atoms with Crippen LogP contribution in [0.15, 0.2) is 47.4 Å². The lowest BCUT2D eigenvalue weighted by Crippen LogP contribution is -2.11. The molecule has 3 aromatic heterocycles. The normalized spacial score (nSPS) is 12.6. The zero-order valence-electron chi connectivity index (χ0n) is 29.5. The van der Waals surface area contributed by atoms with Crippen molar-refractivity contribution < 1.29 is 24.1 Å². The summed E-state index contributed by atoms with van der Waals surface area (Å²) in [6.07, 6.45) is 4.10. The van der Waals surface area contributed by atoms with E-state index in [2.05, 4.69) is 9.67 Å². The number of thiazole rings is 1. The van der Waals surface area contributed by atoms with Crippen LogP contribution in [0.1, 0.15) is 76.1 Å². The maximum atomic E-state index is 14.3. The van der Waals surface area contributed by atoms with Crippen LogP contribution in [0, 0.1) is 19.7 Å². The monoisotopic (exact) mass is 748 g/mol. The number of aromatic carboxylic acids is 1. The van der Waals surface area contributed by atoms with Crippen molar-refractivity contribution >= 4 is 62.3 Å². The van der Waals surface area contributed by atoms with Gasteiger partial charge in [-0.15, -0.1) is 23.1 Å². The highest BCUT2D eigenvalue weighted by Crippen LogP contribution is 2.43. The van der Waals surface area contributed by atoms with E-state index in [1.165, 1.54) is 23.5 Å². The summed E-state index contributed by atoms with van der Waals surface area (Å²) in [6, 6.07) is 12.4. The summed E-state index contributed by atoms with van der Waals surface area (Å²) >= 11 is 10.00. The van der Waals surface area contributed by atoms with Crippen LogP contribution in [-0.4, -0.2) is 42.1 Å². The molecule has 7 rings (SSSR count). The number of carboxylic acid groups (broad SMARTS) is 1. The molecule has 51 heavy (non-hydrogen) atoms. The molecule has 6 aromatic rings. The lowest BCUT2D eigenvalue weighted by Gasteiger charge is -2.16. The van der Waals surface area contributed by atoms with E-state index in [1.807, 2.05) is 52.0 Å². The fraction of sp³-hybridized carbons (Fsp3) is 0.359. The molecule has 0 aliphatic carbocycles. The van der Waals surface area contributed by atoms with E-state index in [9.17, 15) is 19.4 Å². The second kappa shape index (κ2) is 15.8. The number of rotatable bonds is 11. The average Bonchev–Trinajstić information content (AvgIpc) is 3.75. The zero-order valence-corrected chi connectivity index (χ0v) is 31.9. The quantitative estimate of drug-likeness (QED) is 0.100. The van der Waals surface area contributed by atoms with Gasteiger partial charge in [0.15, 0.2) is 0 Å². The van der Waals surface area contributed by atoms with Gasteiger partial charge >= 0.3 is 5.97 Å². The van der Waals surface area contributed by atoms with E-state index >= 15 is 0 Å². The second-order valence-electron chi connectivity index (χ2n) is 12.4. The number of nitrogens with zero attached hydrogens (tertiary/aromatic N) is 4. The number of hydrogen-bond donors (Lipinski definition) is 2. The Morgan fingerprint density at radius 3 is 2.61 bits per heavy atom. The van der Waals surface area contributed by atoms with Crippen LogP contribution >= 0.6 is 34.7 Å². The zero-order chi connectivity index (χ0) is 36.4. The molecule has 1 aliphatic rings. The predicted octanol–water partition coefficient (Wildman–Crippen LogP) is 9.92. The fourth-order valence-electron chi connectivity index (χ4n) is 7.06. The summed E-state index contributed by atoms with van der Waals surface area (Å²) in [5.74, 6) is -0.0132. The number of aryl methyl sites for hydroxylation is 5. The molecular weight excluding hydrogens is 707 g/mol. The van der Waals surface area contributed by atoms with E-state index in [1.54, 1.807) is 29.4 Å². The van der Waals surface area contributed by atoms with Gasteiger partial charge in [0, 0.05) is 56.7 Å². The Labute approximate surface area is 310 Å². The number of carboxylic acids is 1. The van der Waals surface area contributed by atoms with Crippen molar-refractivity contribution in [3.63, 3.8) is 0 Å². The summed E-state index contributed by atoms with van der Waals surface area (Å²) in [5, 5.41) is 28.3. The van der Waals surface area contributed by atoms with Crippen molar-refractivity contribution in [3.05, 3.63) is 91.5 Å². The Balaban J connectivity index is 0.00000220. The first-order valence-corrected chi connectivity index (χ1v) is 19.5. The summed E-state index contributed by atoms with van der Waals surface area (Å²) in [6.45, 7) is 9.04. The van der Waals surface area contributed by atoms with Gasteiger partial charge in [0.1, 0.15) is 22.3 Å². The van der Waals surface area contributed by atoms with E-state index in [0.717, 1.165) is 91.0 Å². The first-order chi connectivity index (χ1) is 24.6. The minimum Gasteiger partial charge on any atom is -0.493 e. The third-order valence-electron chi connectivity index (χ3n) is 9.25. The number of fused-ring (bicyclic) bond motifs is 3. The second-order valence-corrected chi connectivity index (χ2v) is 15.0. The molecule has 268 valence electrons. The predicted molar refractivity (Wildman–Crippen MR) is 205 cm³/mol. The minimum atomic E-state index is -0.995. The lowest BCUT2D eigenvalue weighted by molar-refractivity contribution is 0.0685. The number of aliphatic hydroxyl groups excluding tert-OH is 1. The molecule has 0 unspecified atom stereocenters. The SMILES string of the molecule is CC.Cc1nc(CO)sc1CSc1cc(OCCCc2c(C(=O)O)n(C)c3c(-c4c(C)nn5c4CCCC5)c(Cl)ccc23)c2ccc(F)cc2c1. The molecule has 8 nitrogen and oxygen atoms in total. The van der Waals surface area contributed by atoms with Gasteiger partial charge in [-0.3, -0.25) is 4.68 Å². The highest BCUT2D eigenvalue weighted by Gasteiger charge is 2.28. The maximum Gasteiger partial charge on any atom is 0.352 e. The standard InChI is InChI=1S/C37H36ClFN4O4S2.C2H6/c1-20-31(49-32(18-44)40-20)19-48-24-16-22-15-23(39)9-10-25(22)30(17-24)47-14-6-7-26-27-11-12-28(38)34(35(27)42(3)36(26)37(45)46)33-21(2)41-43-13-5-4-8-29(33)43;1-2/h9-12,15-17,44H,4-8,13-14,18-19H2,1-3H3,(H,45,46);1-2H3. The number of aliphatic hydroxyl groups is 1. The third kappa shape index (κ3) is 7.26. The molecule has 12 heteroatoms. The smallest absolute Gasteiger partial charge is 0.352 e. The van der Waals surface area contributed by atoms with Gasteiger partial charge in [-0.05, 0) is 93.3 Å². The van der Waals surface area contributed by atoms with Gasteiger partial charge in [0.25, 0.3) is 0 Å². The van der Waals surface area contributed by atoms with Gasteiger partial charge in [-0.25, -0.2) is 14.2 Å². The number of halogens is 2. The number of thioether (sulfide) groups is 1. The van der Waals surface area contributed by atoms with Crippen LogP contribution < -0.4 is 4.74 Å². The maximum absolute atomic E-state index is 14.3. The lowest BCUT2D eigenvalue weighted by atomic mass is 9.95. The largest absolute Gasteiger partial charge is 0.493 e. The Hall–Kier alpha value is -3.90. The van der Waals surface area contributed by atoms with Crippen molar-refractivity contribution in [1.82, 2.24) is 19.3 Å². The van der Waals surface area contributed by atoms with Gasteiger partial charge in [-0.1, -0.05) is 31.5 Å². The van der Waals surface area contributed by atoms with Gasteiger partial charge in [0.2, 0.25) is 0 Å². The molecule has 0 spiro atoms. The van der Waals surface area contributed by atoms with Gasteiger partial charge < -0.3 is 19.5 Å². The Morgan fingerprint density at radius 2 is 1.86 bits per heavy atom. The molecule has 2 N–H and O–H groups in total. The van der Waals surface area contributed by atoms with E-state index in [4.69, 9.17) is 21.4 Å². The first kappa shape index (κ1) is 36.9. The highest BCUT2D eigenvalue weighted by atomic mass is 35.5. The molecule has 0 amide bonds. The summed E-state index contributed by atoms with van der Waals surface area (Å²) in [4.78, 5) is 19.1. The number of benzene rings is 3. The molecular formula is C39H42ClFN4O4S2. The molecule has 0 fully saturated rings. The third-order valence-corrected chi connectivity index (χ3v) is 11.9. The van der Waals surface area contributed by atoms with Crippen molar-refractivity contribution in [3.8, 4) is 16.9 Å². The summed E-state index contributed by atoms with van der Waals surface area (Å²) in [5.41, 5.74) is 6.55. The molecule has 0 atom stereocenters. The van der Waals surface area contributed by atoms with E-state index < -0.39 is 5.97 Å². The van der Waals surface area contributed by atoms with Crippen LogP contribution in [0.5, 0.6) is 5.75 Å². The highest BCUT2D eigenvalue weighted by molar-refractivity contribution is 7.98. The Kier molecular flexibility index (Phi) is 11.4. The topological polar surface area (TPSA) is 102 Å². The van der Waals surface area contributed by atoms with E-state index in [-0.39, 0.29) is 18.1 Å². The molecule has 3 aromatic carbocycles. The molecule has 4 heterocycles. The summed E-state index contributed by atoms with van der Waals surface area (Å²) in [7, 11) is 1.80. The van der Waals surface area contributed by atoms with Crippen LogP contribution in [0.25, 0.3) is 32.8 Å². The molecule has 0 saturated carbocycles. The molecule has 1 aliphatic heterocycles. The molecule has 0 saturated heterocycles. The minimum absolute atomic E-state index is 0.0860. The van der Waals surface area contributed by atoms with Gasteiger partial charge in [0.05, 0.1) is 35.1 Å². The van der Waals surface area contributed by atoms with Crippen molar-refractivity contribution in [2.24, 2.45) is 7.05 Å². The number of hydrogen-bond acceptors (Lipinski definition) is 7. The van der Waals surface area contributed by atoms with Crippen LogP contribution in [0.2, 0.25) is 5.02 Å². The van der Waals surface area contributed by atoms with Crippen LogP contribution in [0.3, 0.4) is 0 Å². The van der Waals surface area contributed by atoms with E-state index in [0.29, 0.717) is 41.0 Å². The number of aromatic nitrogens is 4. The number of ether oxygens (including phenoxy) is 1. The first-order valence-electron chi connectivity index (χ1n) is 17.3. The summed E-state index contributed by atoms with van der Waals surface area (Å²) < 4.78 is 24.5. The molecule has 0 radical (unpaired) electrons.